The van der Waals surface area contributed by atoms with E-state index in [4.69, 9.17) is 9.15 Å². The van der Waals surface area contributed by atoms with Crippen molar-refractivity contribution < 1.29 is 18.7 Å². The molecule has 4 rings (SSSR count). The summed E-state index contributed by atoms with van der Waals surface area (Å²) < 4.78 is 25.6. The van der Waals surface area contributed by atoms with Gasteiger partial charge in [-0.25, -0.2) is 4.39 Å². The lowest BCUT2D eigenvalue weighted by atomic mass is 9.95. The summed E-state index contributed by atoms with van der Waals surface area (Å²) in [7, 11) is 0. The molecule has 2 fully saturated rings. The minimum absolute atomic E-state index is 0.0633. The molecule has 3 heterocycles. The van der Waals surface area contributed by atoms with Gasteiger partial charge >= 0.3 is 0 Å². The van der Waals surface area contributed by atoms with Gasteiger partial charge in [0.25, 0.3) is 0 Å². The van der Waals surface area contributed by atoms with E-state index in [9.17, 15) is 9.50 Å². The van der Waals surface area contributed by atoms with Gasteiger partial charge in [-0.05, 0) is 62.9 Å². The van der Waals surface area contributed by atoms with E-state index in [2.05, 4.69) is 9.80 Å². The highest BCUT2D eigenvalue weighted by Gasteiger charge is 2.25. The zero-order valence-electron chi connectivity index (χ0n) is 17.6. The number of ether oxygens (including phenoxy) is 1. The Morgan fingerprint density at radius 3 is 2.53 bits per heavy atom. The number of hydrogen-bond donors (Lipinski definition) is 1. The number of likely N-dealkylation sites (tertiary alicyclic amines) is 1. The third kappa shape index (κ3) is 5.91. The average Bonchev–Trinajstić information content (AvgIpc) is 3.43. The Morgan fingerprint density at radius 2 is 1.83 bits per heavy atom. The average molecular weight is 417 g/mol. The van der Waals surface area contributed by atoms with Crippen LogP contribution >= 0.6 is 0 Å². The summed E-state index contributed by atoms with van der Waals surface area (Å²) in [6, 6.07) is 10.9. The van der Waals surface area contributed by atoms with Crippen LogP contribution in [0.15, 0.2) is 40.8 Å². The number of benzene rings is 1. The van der Waals surface area contributed by atoms with Gasteiger partial charge in [0.05, 0.1) is 12.6 Å². The van der Waals surface area contributed by atoms with Gasteiger partial charge in [-0.3, -0.25) is 9.80 Å². The molecular weight excluding hydrogens is 383 g/mol. The summed E-state index contributed by atoms with van der Waals surface area (Å²) in [6.45, 7) is 6.18. The lowest BCUT2D eigenvalue weighted by Crippen LogP contribution is -2.40. The fourth-order valence-corrected chi connectivity index (χ4v) is 4.65. The van der Waals surface area contributed by atoms with E-state index in [1.165, 1.54) is 0 Å². The Balaban J connectivity index is 1.30. The van der Waals surface area contributed by atoms with Gasteiger partial charge in [0, 0.05) is 31.8 Å². The Hall–Kier alpha value is -1.73. The number of hydrogen-bond acceptors (Lipinski definition) is 5. The first kappa shape index (κ1) is 21.5. The smallest absolute Gasteiger partial charge is 0.129 e. The summed E-state index contributed by atoms with van der Waals surface area (Å²) in [5, 5.41) is 9.27. The number of aliphatic hydroxyl groups is 1. The second-order valence-electron chi connectivity index (χ2n) is 8.67. The maximum Gasteiger partial charge on any atom is 0.129 e. The van der Waals surface area contributed by atoms with Gasteiger partial charge in [-0.15, -0.1) is 0 Å². The van der Waals surface area contributed by atoms with Crippen LogP contribution in [0.1, 0.15) is 42.8 Å². The van der Waals surface area contributed by atoms with E-state index in [0.717, 1.165) is 76.3 Å². The first-order valence-corrected chi connectivity index (χ1v) is 11.2. The highest BCUT2D eigenvalue weighted by atomic mass is 19.1. The van der Waals surface area contributed by atoms with E-state index in [1.54, 1.807) is 12.1 Å². The molecule has 1 aromatic heterocycles. The van der Waals surface area contributed by atoms with Gasteiger partial charge in [0.15, 0.2) is 0 Å². The highest BCUT2D eigenvalue weighted by Crippen LogP contribution is 2.23. The predicted molar refractivity (Wildman–Crippen MR) is 113 cm³/mol. The topological polar surface area (TPSA) is 49.1 Å². The van der Waals surface area contributed by atoms with Crippen LogP contribution in [0, 0.1) is 11.7 Å². The maximum atomic E-state index is 14.0. The zero-order chi connectivity index (χ0) is 20.8. The lowest BCUT2D eigenvalue weighted by molar-refractivity contribution is 0.0540. The molecule has 0 unspecified atom stereocenters. The molecule has 2 aliphatic heterocycles. The second-order valence-corrected chi connectivity index (χ2v) is 8.67. The summed E-state index contributed by atoms with van der Waals surface area (Å²) in [4.78, 5) is 4.81. The van der Waals surface area contributed by atoms with Crippen LogP contribution in [0.5, 0.6) is 0 Å². The van der Waals surface area contributed by atoms with Crippen LogP contribution in [0.25, 0.3) is 0 Å². The number of aliphatic hydroxyl groups excluding tert-OH is 1. The molecule has 0 radical (unpaired) electrons. The number of rotatable bonds is 9. The minimum Gasteiger partial charge on any atom is -0.462 e. The molecular formula is C24H33FN2O3. The summed E-state index contributed by atoms with van der Waals surface area (Å²) >= 11 is 0. The third-order valence-corrected chi connectivity index (χ3v) is 6.31. The Morgan fingerprint density at radius 1 is 1.03 bits per heavy atom. The largest absolute Gasteiger partial charge is 0.462 e. The summed E-state index contributed by atoms with van der Waals surface area (Å²) in [5.41, 5.74) is 0.786. The van der Waals surface area contributed by atoms with Crippen molar-refractivity contribution in [2.75, 3.05) is 32.8 Å². The Kier molecular flexibility index (Phi) is 7.55. The van der Waals surface area contributed by atoms with Crippen molar-refractivity contribution in [1.82, 2.24) is 9.80 Å². The maximum absolute atomic E-state index is 14.0. The molecule has 0 aliphatic carbocycles. The SMILES string of the molecule is OCc1ccc(CN(CC2CCN(Cc3ccccc3F)CC2)C[C@H]2CCCO2)o1. The van der Waals surface area contributed by atoms with Crippen LogP contribution < -0.4 is 0 Å². The molecule has 30 heavy (non-hydrogen) atoms. The molecule has 1 N–H and O–H groups in total. The van der Waals surface area contributed by atoms with Crippen molar-refractivity contribution in [2.24, 2.45) is 5.92 Å². The fourth-order valence-electron chi connectivity index (χ4n) is 4.65. The quantitative estimate of drug-likeness (QED) is 0.674. The molecule has 0 spiro atoms. The van der Waals surface area contributed by atoms with Crippen molar-refractivity contribution in [1.29, 1.82) is 0 Å². The van der Waals surface area contributed by atoms with E-state index in [-0.39, 0.29) is 12.4 Å². The number of furan rings is 1. The van der Waals surface area contributed by atoms with Gasteiger partial charge < -0.3 is 14.3 Å². The van der Waals surface area contributed by atoms with E-state index >= 15 is 0 Å². The highest BCUT2D eigenvalue weighted by molar-refractivity contribution is 5.17. The Bertz CT molecular complexity index is 782. The molecule has 6 heteroatoms. The van der Waals surface area contributed by atoms with Crippen LogP contribution in [0.4, 0.5) is 4.39 Å². The predicted octanol–water partition coefficient (Wildman–Crippen LogP) is 3.80. The summed E-state index contributed by atoms with van der Waals surface area (Å²) in [5.74, 6) is 2.02. The Labute approximate surface area is 178 Å². The number of halogens is 1. The standard InChI is InChI=1S/C24H33FN2O3/c25-24-6-2-1-4-20(24)15-26-11-9-19(10-12-26)14-27(16-21-5-3-13-29-21)17-22-7-8-23(18-28)30-22/h1-2,4,6-8,19,21,28H,3,5,9-18H2/t21-/m1/s1. The first-order valence-electron chi connectivity index (χ1n) is 11.2. The van der Waals surface area contributed by atoms with Crippen molar-refractivity contribution in [3.8, 4) is 0 Å². The molecule has 164 valence electrons. The zero-order valence-corrected chi connectivity index (χ0v) is 17.6. The van der Waals surface area contributed by atoms with Crippen LogP contribution in [0.2, 0.25) is 0 Å². The van der Waals surface area contributed by atoms with Crippen LogP contribution in [0.3, 0.4) is 0 Å². The van der Waals surface area contributed by atoms with Gasteiger partial charge in [-0.2, -0.15) is 0 Å². The van der Waals surface area contributed by atoms with E-state index in [1.807, 2.05) is 24.3 Å². The van der Waals surface area contributed by atoms with Crippen LogP contribution in [-0.4, -0.2) is 53.8 Å². The van der Waals surface area contributed by atoms with Crippen molar-refractivity contribution in [3.05, 3.63) is 59.3 Å². The van der Waals surface area contributed by atoms with E-state index < -0.39 is 0 Å². The minimum atomic E-state index is -0.108. The van der Waals surface area contributed by atoms with Gasteiger partial charge in [0.2, 0.25) is 0 Å². The lowest BCUT2D eigenvalue weighted by Gasteiger charge is -2.35. The molecule has 2 saturated heterocycles. The first-order chi connectivity index (χ1) is 14.7. The second kappa shape index (κ2) is 10.5. The third-order valence-electron chi connectivity index (χ3n) is 6.31. The fraction of sp³-hybridized carbons (Fsp3) is 0.583. The van der Waals surface area contributed by atoms with Crippen LogP contribution in [-0.2, 0) is 24.4 Å². The normalized spacial score (nSPS) is 21.0. The molecule has 0 saturated carbocycles. The van der Waals surface area contributed by atoms with E-state index in [0.29, 0.717) is 24.3 Å². The molecule has 0 bridgehead atoms. The molecule has 1 atom stereocenters. The molecule has 2 aromatic rings. The van der Waals surface area contributed by atoms with Crippen molar-refractivity contribution in [2.45, 2.75) is 51.5 Å². The molecule has 1 aromatic carbocycles. The summed E-state index contributed by atoms with van der Waals surface area (Å²) in [6.07, 6.45) is 4.81. The number of piperidine rings is 1. The molecule has 0 amide bonds. The van der Waals surface area contributed by atoms with Crippen molar-refractivity contribution in [3.63, 3.8) is 0 Å². The van der Waals surface area contributed by atoms with Gasteiger partial charge in [-0.1, -0.05) is 18.2 Å². The van der Waals surface area contributed by atoms with Crippen molar-refractivity contribution >= 4 is 0 Å². The monoisotopic (exact) mass is 416 g/mol. The molecule has 5 nitrogen and oxygen atoms in total. The number of nitrogens with zero attached hydrogens (tertiary/aromatic N) is 2. The van der Waals surface area contributed by atoms with Gasteiger partial charge in [0.1, 0.15) is 23.9 Å². The molecule has 2 aliphatic rings.